The molecule has 0 saturated heterocycles. The third kappa shape index (κ3) is 3.66. The van der Waals surface area contributed by atoms with Gasteiger partial charge in [-0.05, 0) is 41.5 Å². The molecule has 0 aromatic heterocycles. The fourth-order valence-electron chi connectivity index (χ4n) is 2.08. The average molecular weight is 313 g/mol. The molecule has 0 bridgehead atoms. The number of benzene rings is 2. The summed E-state index contributed by atoms with van der Waals surface area (Å²) in [6.45, 7) is -0.615. The molecule has 2 N–H and O–H groups in total. The molecule has 0 amide bonds. The molecule has 6 nitrogen and oxygen atoms in total. The molecule has 23 heavy (non-hydrogen) atoms. The number of aliphatic hydroxyl groups excluding tert-OH is 2. The van der Waals surface area contributed by atoms with Crippen LogP contribution < -0.4 is 9.47 Å². The molecule has 6 heteroatoms. The van der Waals surface area contributed by atoms with Gasteiger partial charge >= 0.3 is 5.97 Å². The summed E-state index contributed by atoms with van der Waals surface area (Å²) in [4.78, 5) is 12.3. The molecule has 0 aliphatic carbocycles. The maximum atomic E-state index is 12.3. The molecule has 0 aliphatic heterocycles. The molecule has 0 heterocycles. The fraction of sp³-hybridized carbons (Fsp3) is 0.176. The minimum absolute atomic E-state index is 0.121. The van der Waals surface area contributed by atoms with Crippen LogP contribution in [0.15, 0.2) is 36.4 Å². The summed E-state index contributed by atoms with van der Waals surface area (Å²) in [6, 6.07) is 11.1. The number of carbonyl (C=O) groups is 1. The summed E-state index contributed by atoms with van der Waals surface area (Å²) >= 11 is 0. The van der Waals surface area contributed by atoms with Gasteiger partial charge in [0.05, 0.1) is 32.0 Å². The lowest BCUT2D eigenvalue weighted by Gasteiger charge is -2.13. The van der Waals surface area contributed by atoms with Crippen LogP contribution in [0.25, 0.3) is 0 Å². The van der Waals surface area contributed by atoms with E-state index >= 15 is 0 Å². The van der Waals surface area contributed by atoms with E-state index in [1.54, 1.807) is 18.2 Å². The van der Waals surface area contributed by atoms with Crippen molar-refractivity contribution in [3.05, 3.63) is 58.7 Å². The van der Waals surface area contributed by atoms with Crippen molar-refractivity contribution in [2.75, 3.05) is 7.11 Å². The number of hydrogen-bond donors (Lipinski definition) is 2. The minimum atomic E-state index is -0.684. The Kier molecular flexibility index (Phi) is 5.31. The van der Waals surface area contributed by atoms with E-state index in [0.717, 1.165) is 0 Å². The van der Waals surface area contributed by atoms with Gasteiger partial charge in [0.1, 0.15) is 17.1 Å². The van der Waals surface area contributed by atoms with Crippen molar-refractivity contribution in [1.82, 2.24) is 0 Å². The van der Waals surface area contributed by atoms with Crippen molar-refractivity contribution in [3.63, 3.8) is 0 Å². The Hall–Kier alpha value is -2.88. The Labute approximate surface area is 133 Å². The number of esters is 1. The second kappa shape index (κ2) is 7.40. The third-order valence-corrected chi connectivity index (χ3v) is 3.26. The molecule has 0 unspecified atom stereocenters. The summed E-state index contributed by atoms with van der Waals surface area (Å²) in [7, 11) is 1.39. The normalized spacial score (nSPS) is 10.0. The van der Waals surface area contributed by atoms with Gasteiger partial charge in [-0.25, -0.2) is 4.79 Å². The van der Waals surface area contributed by atoms with E-state index in [4.69, 9.17) is 14.7 Å². The first-order valence-corrected chi connectivity index (χ1v) is 6.76. The summed E-state index contributed by atoms with van der Waals surface area (Å²) in [5.41, 5.74) is 1.36. The average Bonchev–Trinajstić information content (AvgIpc) is 2.60. The molecule has 2 rings (SSSR count). The highest BCUT2D eigenvalue weighted by Gasteiger charge is 2.18. The number of aliphatic hydroxyl groups is 2. The zero-order valence-electron chi connectivity index (χ0n) is 12.4. The van der Waals surface area contributed by atoms with Gasteiger partial charge in [-0.2, -0.15) is 5.26 Å². The van der Waals surface area contributed by atoms with Gasteiger partial charge in [-0.15, -0.1) is 0 Å². The SMILES string of the molecule is COc1cc(CO)c(CO)cc1C(=O)Oc1cccc(C#N)c1. The number of rotatable bonds is 5. The number of ether oxygens (including phenoxy) is 2. The smallest absolute Gasteiger partial charge is 0.347 e. The highest BCUT2D eigenvalue weighted by Crippen LogP contribution is 2.26. The van der Waals surface area contributed by atoms with Crippen LogP contribution in [0.1, 0.15) is 27.0 Å². The summed E-state index contributed by atoms with van der Waals surface area (Å²) in [5, 5.41) is 27.5. The zero-order valence-corrected chi connectivity index (χ0v) is 12.4. The highest BCUT2D eigenvalue weighted by atomic mass is 16.5. The summed E-state index contributed by atoms with van der Waals surface area (Å²) < 4.78 is 10.4. The van der Waals surface area contributed by atoms with Crippen LogP contribution in [-0.2, 0) is 13.2 Å². The van der Waals surface area contributed by atoms with Gasteiger partial charge in [-0.1, -0.05) is 6.07 Å². The Bertz CT molecular complexity index is 764. The molecule has 0 spiro atoms. The zero-order chi connectivity index (χ0) is 16.8. The van der Waals surface area contributed by atoms with Gasteiger partial charge in [0.2, 0.25) is 0 Å². The van der Waals surface area contributed by atoms with Crippen LogP contribution in [0.4, 0.5) is 0 Å². The molecule has 0 aliphatic rings. The molecule has 0 atom stereocenters. The second-order valence-corrected chi connectivity index (χ2v) is 4.67. The number of nitriles is 1. The predicted octanol–water partition coefficient (Wildman–Crippen LogP) is 1.77. The van der Waals surface area contributed by atoms with Gasteiger partial charge < -0.3 is 19.7 Å². The third-order valence-electron chi connectivity index (χ3n) is 3.26. The molecule has 0 radical (unpaired) electrons. The Morgan fingerprint density at radius 1 is 1.17 bits per heavy atom. The van der Waals surface area contributed by atoms with Gasteiger partial charge in [-0.3, -0.25) is 0 Å². The van der Waals surface area contributed by atoms with E-state index in [1.807, 2.05) is 6.07 Å². The lowest BCUT2D eigenvalue weighted by molar-refractivity contribution is 0.0731. The summed E-state index contributed by atoms with van der Waals surface area (Å²) in [6.07, 6.45) is 0. The predicted molar refractivity (Wildman–Crippen MR) is 81.0 cm³/mol. The van der Waals surface area contributed by atoms with E-state index in [-0.39, 0.29) is 30.3 Å². The minimum Gasteiger partial charge on any atom is -0.496 e. The quantitative estimate of drug-likeness (QED) is 0.644. The van der Waals surface area contributed by atoms with Crippen molar-refractivity contribution in [3.8, 4) is 17.6 Å². The van der Waals surface area contributed by atoms with Gasteiger partial charge in [0.15, 0.2) is 0 Å². The molecule has 2 aromatic rings. The first-order valence-electron chi connectivity index (χ1n) is 6.76. The first kappa shape index (κ1) is 16.5. The van der Waals surface area contributed by atoms with Crippen molar-refractivity contribution in [2.24, 2.45) is 0 Å². The Morgan fingerprint density at radius 3 is 2.48 bits per heavy atom. The highest BCUT2D eigenvalue weighted by molar-refractivity contribution is 5.94. The van der Waals surface area contributed by atoms with E-state index in [9.17, 15) is 15.0 Å². The standard InChI is InChI=1S/C17H15NO5/c1-22-16-7-13(10-20)12(9-19)6-15(16)17(21)23-14-4-2-3-11(5-14)8-18/h2-7,19-20H,9-10H2,1H3. The van der Waals surface area contributed by atoms with Crippen LogP contribution in [0.2, 0.25) is 0 Å². The summed E-state index contributed by atoms with van der Waals surface area (Å²) in [5.74, 6) is -0.225. The lowest BCUT2D eigenvalue weighted by atomic mass is 10.0. The van der Waals surface area contributed by atoms with Crippen LogP contribution in [-0.4, -0.2) is 23.3 Å². The first-order chi connectivity index (χ1) is 11.1. The van der Waals surface area contributed by atoms with Gasteiger partial charge in [0.25, 0.3) is 0 Å². The van der Waals surface area contributed by atoms with E-state index in [1.165, 1.54) is 25.3 Å². The monoisotopic (exact) mass is 313 g/mol. The Balaban J connectivity index is 2.36. The molecule has 2 aromatic carbocycles. The second-order valence-electron chi connectivity index (χ2n) is 4.67. The molecule has 118 valence electrons. The van der Waals surface area contributed by atoms with Crippen LogP contribution in [0.3, 0.4) is 0 Å². The van der Waals surface area contributed by atoms with E-state index in [0.29, 0.717) is 16.7 Å². The molecular formula is C17H15NO5. The van der Waals surface area contributed by atoms with Crippen molar-refractivity contribution in [2.45, 2.75) is 13.2 Å². The maximum Gasteiger partial charge on any atom is 0.347 e. The van der Waals surface area contributed by atoms with E-state index < -0.39 is 5.97 Å². The number of hydrogen-bond acceptors (Lipinski definition) is 6. The van der Waals surface area contributed by atoms with Crippen LogP contribution in [0, 0.1) is 11.3 Å². The maximum absolute atomic E-state index is 12.3. The number of nitrogens with zero attached hydrogens (tertiary/aromatic N) is 1. The van der Waals surface area contributed by atoms with Crippen molar-refractivity contribution >= 4 is 5.97 Å². The van der Waals surface area contributed by atoms with Crippen LogP contribution >= 0.6 is 0 Å². The van der Waals surface area contributed by atoms with Crippen LogP contribution in [0.5, 0.6) is 11.5 Å². The fourth-order valence-corrected chi connectivity index (χ4v) is 2.08. The molecule has 0 saturated carbocycles. The number of carbonyl (C=O) groups excluding carboxylic acids is 1. The van der Waals surface area contributed by atoms with Crippen molar-refractivity contribution < 1.29 is 24.5 Å². The Morgan fingerprint density at radius 2 is 1.87 bits per heavy atom. The number of methoxy groups -OCH3 is 1. The van der Waals surface area contributed by atoms with Crippen molar-refractivity contribution in [1.29, 1.82) is 5.26 Å². The lowest BCUT2D eigenvalue weighted by Crippen LogP contribution is -2.12. The largest absolute Gasteiger partial charge is 0.496 e. The van der Waals surface area contributed by atoms with Gasteiger partial charge in [0, 0.05) is 0 Å². The molecule has 0 fully saturated rings. The van der Waals surface area contributed by atoms with E-state index in [2.05, 4.69) is 0 Å². The molecular weight excluding hydrogens is 298 g/mol. The topological polar surface area (TPSA) is 99.8 Å².